The minimum Gasteiger partial charge on any atom is -0.465 e. The molecule has 4 saturated carbocycles. The number of rotatable bonds is 7. The first-order valence-electron chi connectivity index (χ1n) is 20.3. The summed E-state index contributed by atoms with van der Waals surface area (Å²) in [5.41, 5.74) is 12.0. The fraction of sp³-hybridized carbons (Fsp3) is 0.696. The van der Waals surface area contributed by atoms with Gasteiger partial charge in [0.05, 0.1) is 12.2 Å². The van der Waals surface area contributed by atoms with Gasteiger partial charge in [-0.3, -0.25) is 4.79 Å². The van der Waals surface area contributed by atoms with E-state index in [0.29, 0.717) is 65.4 Å². The summed E-state index contributed by atoms with van der Waals surface area (Å²) in [6.45, 7) is 22.0. The summed E-state index contributed by atoms with van der Waals surface area (Å²) in [7, 11) is 0. The SMILES string of the molecule is C=C(C)C1CC[C@]2(N)CC[C@]3(C)[C@H](CC[C@@H]4[C@@]5(C)CC=C(C6=CC[C@@](COC(=O)c7ccccc7)(C(=O)OCC)CC6)C(C)(C)[C@@H]5CC[C@]43C)[C@@H]12. The van der Waals surface area contributed by atoms with E-state index < -0.39 is 11.4 Å². The Hall–Kier alpha value is -2.66. The van der Waals surface area contributed by atoms with E-state index in [1.165, 1.54) is 68.1 Å². The summed E-state index contributed by atoms with van der Waals surface area (Å²) >= 11 is 0. The van der Waals surface area contributed by atoms with Gasteiger partial charge in [-0.05, 0) is 165 Å². The molecular formula is C46H65NO4. The van der Waals surface area contributed by atoms with Crippen LogP contribution in [0.15, 0.2) is 65.8 Å². The molecule has 0 bridgehead atoms. The Morgan fingerprint density at radius 1 is 0.843 bits per heavy atom. The van der Waals surface area contributed by atoms with Gasteiger partial charge in [0.15, 0.2) is 0 Å². The van der Waals surface area contributed by atoms with Crippen LogP contribution in [0.4, 0.5) is 0 Å². The molecule has 5 nitrogen and oxygen atoms in total. The summed E-state index contributed by atoms with van der Waals surface area (Å²) in [4.78, 5) is 26.3. The number of fused-ring (bicyclic) bond motifs is 7. The molecule has 0 radical (unpaired) electrons. The second kappa shape index (κ2) is 12.7. The van der Waals surface area contributed by atoms with Crippen LogP contribution in [-0.4, -0.2) is 30.7 Å². The average molecular weight is 696 g/mol. The molecule has 51 heavy (non-hydrogen) atoms. The quantitative estimate of drug-likeness (QED) is 0.227. The summed E-state index contributed by atoms with van der Waals surface area (Å²) in [5.74, 6) is 2.46. The first kappa shape index (κ1) is 36.7. The van der Waals surface area contributed by atoms with Crippen molar-refractivity contribution in [1.82, 2.24) is 0 Å². The van der Waals surface area contributed by atoms with Crippen LogP contribution in [0.5, 0.6) is 0 Å². The highest BCUT2D eigenvalue weighted by Crippen LogP contribution is 2.76. The number of ether oxygens (including phenoxy) is 2. The molecule has 1 aromatic rings. The standard InChI is InChI=1S/C46H65NO4/c1-9-50-40(49)45(29-51-39(48)32-13-11-10-12-14-32)24-17-31(18-25-45)34-20-22-42(6)36(41(34,4)5)21-23-44(8)37(42)16-15-35-38-33(30(2)3)19-26-46(38,47)28-27-43(35,44)7/h10-14,17,20,33,35-38H,2,9,15-16,18-19,21-29,47H2,1,3-8H3/t33?,35-,36+,37-,38-,42+,43-,44-,45-,46+/m1/s1. The Kier molecular flexibility index (Phi) is 9.16. The minimum atomic E-state index is -0.859. The lowest BCUT2D eigenvalue weighted by Crippen LogP contribution is -2.67. The smallest absolute Gasteiger partial charge is 0.338 e. The fourth-order valence-electron chi connectivity index (χ4n) is 14.0. The molecule has 278 valence electrons. The van der Waals surface area contributed by atoms with Gasteiger partial charge < -0.3 is 15.2 Å². The van der Waals surface area contributed by atoms with E-state index in [1.54, 1.807) is 12.1 Å². The Bertz CT molecular complexity index is 1620. The van der Waals surface area contributed by atoms with Crippen molar-refractivity contribution in [2.75, 3.05) is 13.2 Å². The minimum absolute atomic E-state index is 0.00923. The largest absolute Gasteiger partial charge is 0.465 e. The predicted molar refractivity (Wildman–Crippen MR) is 205 cm³/mol. The topological polar surface area (TPSA) is 78.6 Å². The van der Waals surface area contributed by atoms with Crippen molar-refractivity contribution < 1.29 is 19.1 Å². The molecule has 6 aliphatic carbocycles. The molecule has 0 spiro atoms. The van der Waals surface area contributed by atoms with Crippen LogP contribution in [0.2, 0.25) is 0 Å². The van der Waals surface area contributed by atoms with E-state index >= 15 is 0 Å². The van der Waals surface area contributed by atoms with Crippen LogP contribution in [0.25, 0.3) is 0 Å². The lowest BCUT2D eigenvalue weighted by Gasteiger charge is -2.72. The van der Waals surface area contributed by atoms with Crippen LogP contribution in [0.1, 0.15) is 136 Å². The zero-order valence-electron chi connectivity index (χ0n) is 32.7. The van der Waals surface area contributed by atoms with Crippen molar-refractivity contribution in [2.24, 2.45) is 62.4 Å². The van der Waals surface area contributed by atoms with Crippen molar-refractivity contribution in [3.8, 4) is 0 Å². The van der Waals surface area contributed by atoms with E-state index in [0.717, 1.165) is 12.8 Å². The summed E-state index contributed by atoms with van der Waals surface area (Å²) in [6, 6.07) is 9.02. The molecule has 7 rings (SSSR count). The molecule has 0 amide bonds. The fourth-order valence-corrected chi connectivity index (χ4v) is 14.0. The highest BCUT2D eigenvalue weighted by atomic mass is 16.6. The van der Waals surface area contributed by atoms with Gasteiger partial charge in [0.2, 0.25) is 0 Å². The van der Waals surface area contributed by atoms with Gasteiger partial charge in [-0.2, -0.15) is 0 Å². The van der Waals surface area contributed by atoms with Crippen LogP contribution < -0.4 is 5.73 Å². The third kappa shape index (κ3) is 5.47. The second-order valence-corrected chi connectivity index (χ2v) is 19.3. The highest BCUT2D eigenvalue weighted by molar-refractivity contribution is 5.89. The molecule has 0 saturated heterocycles. The first-order chi connectivity index (χ1) is 24.1. The number of hydrogen-bond acceptors (Lipinski definition) is 5. The van der Waals surface area contributed by atoms with E-state index in [2.05, 4.69) is 60.3 Å². The molecule has 5 heteroatoms. The van der Waals surface area contributed by atoms with Crippen LogP contribution >= 0.6 is 0 Å². The van der Waals surface area contributed by atoms with Gasteiger partial charge in [0.25, 0.3) is 0 Å². The zero-order valence-corrected chi connectivity index (χ0v) is 32.7. The number of nitrogens with two attached hydrogens (primary N) is 1. The number of carbonyl (C=O) groups excluding carboxylic acids is 2. The molecule has 1 aromatic carbocycles. The van der Waals surface area contributed by atoms with Crippen molar-refractivity contribution in [3.63, 3.8) is 0 Å². The van der Waals surface area contributed by atoms with E-state index in [1.807, 2.05) is 25.1 Å². The summed E-state index contributed by atoms with van der Waals surface area (Å²) in [6.07, 6.45) is 17.9. The van der Waals surface area contributed by atoms with Gasteiger partial charge in [-0.15, -0.1) is 0 Å². The van der Waals surface area contributed by atoms with Crippen LogP contribution in [0.3, 0.4) is 0 Å². The van der Waals surface area contributed by atoms with E-state index in [-0.39, 0.29) is 28.9 Å². The molecule has 2 N–H and O–H groups in total. The molecule has 10 atom stereocenters. The number of benzene rings is 1. The number of esters is 2. The Morgan fingerprint density at radius 3 is 2.25 bits per heavy atom. The number of allylic oxidation sites excluding steroid dienone is 5. The van der Waals surface area contributed by atoms with Crippen LogP contribution in [-0.2, 0) is 14.3 Å². The molecule has 4 fully saturated rings. The maximum Gasteiger partial charge on any atom is 0.338 e. The zero-order chi connectivity index (χ0) is 36.6. The van der Waals surface area contributed by atoms with E-state index in [9.17, 15) is 9.59 Å². The lowest BCUT2D eigenvalue weighted by atomic mass is 9.33. The molecule has 0 heterocycles. The Morgan fingerprint density at radius 2 is 1.59 bits per heavy atom. The number of hydrogen-bond donors (Lipinski definition) is 1. The molecule has 6 aliphatic rings. The van der Waals surface area contributed by atoms with Gasteiger partial charge in [-0.1, -0.05) is 77.1 Å². The Balaban J connectivity index is 1.14. The third-order valence-corrected chi connectivity index (χ3v) is 16.9. The van der Waals surface area contributed by atoms with Crippen LogP contribution in [0, 0.1) is 56.7 Å². The summed E-state index contributed by atoms with van der Waals surface area (Å²) < 4.78 is 11.4. The molecule has 0 aromatic heterocycles. The highest BCUT2D eigenvalue weighted by Gasteiger charge is 2.70. The predicted octanol–water partition coefficient (Wildman–Crippen LogP) is 10.4. The normalized spacial score (nSPS) is 42.5. The van der Waals surface area contributed by atoms with Gasteiger partial charge >= 0.3 is 11.9 Å². The molecule has 1 unspecified atom stereocenters. The molecular weight excluding hydrogens is 631 g/mol. The third-order valence-electron chi connectivity index (χ3n) is 16.9. The van der Waals surface area contributed by atoms with Gasteiger partial charge in [0, 0.05) is 5.54 Å². The van der Waals surface area contributed by atoms with E-state index in [4.69, 9.17) is 15.2 Å². The van der Waals surface area contributed by atoms with Crippen molar-refractivity contribution in [2.45, 2.75) is 131 Å². The Labute approximate surface area is 308 Å². The number of carbonyl (C=O) groups is 2. The van der Waals surface area contributed by atoms with Gasteiger partial charge in [0.1, 0.15) is 12.0 Å². The molecule has 0 aliphatic heterocycles. The maximum atomic E-state index is 13.5. The lowest BCUT2D eigenvalue weighted by molar-refractivity contribution is -0.219. The second-order valence-electron chi connectivity index (χ2n) is 19.3. The van der Waals surface area contributed by atoms with Gasteiger partial charge in [-0.25, -0.2) is 4.79 Å². The monoisotopic (exact) mass is 695 g/mol. The average Bonchev–Trinajstić information content (AvgIpc) is 3.46. The van der Waals surface area contributed by atoms with Crippen molar-refractivity contribution in [1.29, 1.82) is 0 Å². The van der Waals surface area contributed by atoms with Crippen molar-refractivity contribution >= 4 is 11.9 Å². The first-order valence-corrected chi connectivity index (χ1v) is 20.3. The maximum absolute atomic E-state index is 13.5. The summed E-state index contributed by atoms with van der Waals surface area (Å²) in [5, 5.41) is 0. The van der Waals surface area contributed by atoms with Crippen molar-refractivity contribution in [3.05, 3.63) is 71.3 Å².